The lowest BCUT2D eigenvalue weighted by Gasteiger charge is -2.32. The lowest BCUT2D eigenvalue weighted by atomic mass is 9.84. The van der Waals surface area contributed by atoms with Crippen molar-refractivity contribution in [1.82, 2.24) is 0 Å². The molecule has 14 heavy (non-hydrogen) atoms. The van der Waals surface area contributed by atoms with Gasteiger partial charge in [-0.3, -0.25) is 0 Å². The summed E-state index contributed by atoms with van der Waals surface area (Å²) in [6.45, 7) is 8.20. The summed E-state index contributed by atoms with van der Waals surface area (Å²) in [7, 11) is 0. The zero-order chi connectivity index (χ0) is 11.2. The standard InChI is InChI=1S/C12H26O2/c1-5-10(4)8-9-12(14,7-3)11(13)6-2/h10-11,13-14H,5-9H2,1-4H3. The van der Waals surface area contributed by atoms with Crippen molar-refractivity contribution in [3.05, 3.63) is 0 Å². The molecule has 0 radical (unpaired) electrons. The van der Waals surface area contributed by atoms with Gasteiger partial charge in [0.1, 0.15) is 0 Å². The molecule has 0 saturated carbocycles. The van der Waals surface area contributed by atoms with Gasteiger partial charge in [0, 0.05) is 0 Å². The van der Waals surface area contributed by atoms with Gasteiger partial charge in [-0.1, -0.05) is 34.1 Å². The van der Waals surface area contributed by atoms with Crippen LogP contribution >= 0.6 is 0 Å². The van der Waals surface area contributed by atoms with Crippen molar-refractivity contribution < 1.29 is 10.2 Å². The Kier molecular flexibility index (Phi) is 6.38. The van der Waals surface area contributed by atoms with Crippen molar-refractivity contribution >= 4 is 0 Å². The van der Waals surface area contributed by atoms with E-state index in [1.807, 2.05) is 13.8 Å². The minimum Gasteiger partial charge on any atom is -0.390 e. The maximum absolute atomic E-state index is 10.2. The summed E-state index contributed by atoms with van der Waals surface area (Å²) >= 11 is 0. The van der Waals surface area contributed by atoms with Crippen LogP contribution in [0.3, 0.4) is 0 Å². The third-order valence-electron chi connectivity index (χ3n) is 3.39. The molecule has 86 valence electrons. The van der Waals surface area contributed by atoms with Gasteiger partial charge in [-0.05, 0) is 31.6 Å². The van der Waals surface area contributed by atoms with Crippen LogP contribution in [0.2, 0.25) is 0 Å². The fraction of sp³-hybridized carbons (Fsp3) is 1.00. The quantitative estimate of drug-likeness (QED) is 0.666. The van der Waals surface area contributed by atoms with Gasteiger partial charge in [0.05, 0.1) is 11.7 Å². The normalized spacial score (nSPS) is 20.1. The molecule has 0 fully saturated rings. The van der Waals surface area contributed by atoms with E-state index in [2.05, 4.69) is 13.8 Å². The average molecular weight is 202 g/mol. The molecule has 0 spiro atoms. The van der Waals surface area contributed by atoms with Gasteiger partial charge in [0.25, 0.3) is 0 Å². The van der Waals surface area contributed by atoms with Gasteiger partial charge in [-0.2, -0.15) is 0 Å². The van der Waals surface area contributed by atoms with E-state index in [-0.39, 0.29) is 0 Å². The zero-order valence-corrected chi connectivity index (χ0v) is 10.1. The maximum Gasteiger partial charge on any atom is 0.0902 e. The second-order valence-corrected chi connectivity index (χ2v) is 4.43. The van der Waals surface area contributed by atoms with E-state index in [0.717, 1.165) is 12.8 Å². The van der Waals surface area contributed by atoms with Crippen molar-refractivity contribution in [2.45, 2.75) is 71.5 Å². The van der Waals surface area contributed by atoms with Crippen molar-refractivity contribution in [2.75, 3.05) is 0 Å². The summed E-state index contributed by atoms with van der Waals surface area (Å²) in [6, 6.07) is 0. The van der Waals surface area contributed by atoms with E-state index >= 15 is 0 Å². The van der Waals surface area contributed by atoms with Crippen LogP contribution in [-0.2, 0) is 0 Å². The molecule has 0 aromatic rings. The Hall–Kier alpha value is -0.0800. The number of rotatable bonds is 7. The molecule has 0 bridgehead atoms. The zero-order valence-electron chi connectivity index (χ0n) is 10.1. The molecule has 0 aliphatic heterocycles. The van der Waals surface area contributed by atoms with Crippen molar-refractivity contribution in [3.8, 4) is 0 Å². The molecule has 3 unspecified atom stereocenters. The summed E-state index contributed by atoms with van der Waals surface area (Å²) in [6.07, 6.45) is 3.55. The predicted molar refractivity (Wildman–Crippen MR) is 60.2 cm³/mol. The molecule has 0 aliphatic rings. The van der Waals surface area contributed by atoms with Crippen LogP contribution in [0.5, 0.6) is 0 Å². The SMILES string of the molecule is CCC(C)CCC(O)(CC)C(O)CC. The Morgan fingerprint density at radius 3 is 2.07 bits per heavy atom. The van der Waals surface area contributed by atoms with Crippen LogP contribution in [0.1, 0.15) is 59.8 Å². The molecule has 0 rings (SSSR count). The van der Waals surface area contributed by atoms with Gasteiger partial charge in [0.15, 0.2) is 0 Å². The number of hydrogen-bond donors (Lipinski definition) is 2. The average Bonchev–Trinajstić information content (AvgIpc) is 2.23. The van der Waals surface area contributed by atoms with Crippen LogP contribution in [0.25, 0.3) is 0 Å². The molecule has 2 N–H and O–H groups in total. The largest absolute Gasteiger partial charge is 0.390 e. The molecule has 0 saturated heterocycles. The first-order valence-electron chi connectivity index (χ1n) is 5.90. The predicted octanol–water partition coefficient (Wildman–Crippen LogP) is 2.72. The van der Waals surface area contributed by atoms with Crippen LogP contribution in [0, 0.1) is 5.92 Å². The van der Waals surface area contributed by atoms with Gasteiger partial charge in [0.2, 0.25) is 0 Å². The van der Waals surface area contributed by atoms with E-state index in [0.29, 0.717) is 25.2 Å². The molecule has 0 amide bonds. The summed E-state index contributed by atoms with van der Waals surface area (Å²) in [4.78, 5) is 0. The van der Waals surface area contributed by atoms with Gasteiger partial charge >= 0.3 is 0 Å². The van der Waals surface area contributed by atoms with E-state index < -0.39 is 11.7 Å². The van der Waals surface area contributed by atoms with Crippen LogP contribution in [0.4, 0.5) is 0 Å². The first-order chi connectivity index (χ1) is 6.50. The molecule has 3 atom stereocenters. The van der Waals surface area contributed by atoms with E-state index in [1.165, 1.54) is 0 Å². The third kappa shape index (κ3) is 3.97. The molecule has 0 aliphatic carbocycles. The lowest BCUT2D eigenvalue weighted by Crippen LogP contribution is -2.41. The number of aliphatic hydroxyl groups excluding tert-OH is 1. The lowest BCUT2D eigenvalue weighted by molar-refractivity contribution is -0.0866. The third-order valence-corrected chi connectivity index (χ3v) is 3.39. The first-order valence-corrected chi connectivity index (χ1v) is 5.90. The topological polar surface area (TPSA) is 40.5 Å². The monoisotopic (exact) mass is 202 g/mol. The highest BCUT2D eigenvalue weighted by atomic mass is 16.3. The van der Waals surface area contributed by atoms with Gasteiger partial charge < -0.3 is 10.2 Å². The Morgan fingerprint density at radius 1 is 1.14 bits per heavy atom. The summed E-state index contributed by atoms with van der Waals surface area (Å²) < 4.78 is 0. The number of hydrogen-bond acceptors (Lipinski definition) is 2. The molecular weight excluding hydrogens is 176 g/mol. The second-order valence-electron chi connectivity index (χ2n) is 4.43. The minimum absolute atomic E-state index is 0.573. The Labute approximate surface area is 88.3 Å². The Balaban J connectivity index is 4.11. The Morgan fingerprint density at radius 2 is 1.71 bits per heavy atom. The first kappa shape index (κ1) is 13.9. The van der Waals surface area contributed by atoms with E-state index in [4.69, 9.17) is 0 Å². The minimum atomic E-state index is -0.863. The van der Waals surface area contributed by atoms with Crippen molar-refractivity contribution in [2.24, 2.45) is 5.92 Å². The fourth-order valence-electron chi connectivity index (χ4n) is 1.66. The van der Waals surface area contributed by atoms with Crippen molar-refractivity contribution in [1.29, 1.82) is 0 Å². The summed E-state index contributed by atoms with van der Waals surface area (Å²) in [5, 5.41) is 19.9. The molecule has 2 nitrogen and oxygen atoms in total. The Bertz CT molecular complexity index is 147. The molecule has 2 heteroatoms. The maximum atomic E-state index is 10.2. The highest BCUT2D eigenvalue weighted by Gasteiger charge is 2.32. The van der Waals surface area contributed by atoms with Crippen molar-refractivity contribution in [3.63, 3.8) is 0 Å². The summed E-state index contributed by atoms with van der Waals surface area (Å²) in [5.41, 5.74) is -0.863. The van der Waals surface area contributed by atoms with Crippen LogP contribution in [-0.4, -0.2) is 21.9 Å². The van der Waals surface area contributed by atoms with Crippen LogP contribution < -0.4 is 0 Å². The molecule has 0 aromatic heterocycles. The smallest absolute Gasteiger partial charge is 0.0902 e. The molecule has 0 heterocycles. The highest BCUT2D eigenvalue weighted by Crippen LogP contribution is 2.26. The second kappa shape index (κ2) is 6.41. The van der Waals surface area contributed by atoms with E-state index in [9.17, 15) is 10.2 Å². The van der Waals surface area contributed by atoms with Crippen LogP contribution in [0.15, 0.2) is 0 Å². The molecular formula is C12H26O2. The fourth-order valence-corrected chi connectivity index (χ4v) is 1.66. The molecule has 0 aromatic carbocycles. The number of aliphatic hydroxyl groups is 2. The van der Waals surface area contributed by atoms with Gasteiger partial charge in [-0.25, -0.2) is 0 Å². The van der Waals surface area contributed by atoms with E-state index in [1.54, 1.807) is 0 Å². The van der Waals surface area contributed by atoms with Gasteiger partial charge in [-0.15, -0.1) is 0 Å². The highest BCUT2D eigenvalue weighted by molar-refractivity contribution is 4.84. The summed E-state index contributed by atoms with van der Waals surface area (Å²) in [5.74, 6) is 0.636.